The van der Waals surface area contributed by atoms with Crippen LogP contribution in [0.2, 0.25) is 0 Å². The molecule has 3 aromatic rings. The monoisotopic (exact) mass is 440 g/mol. The fourth-order valence-corrected chi connectivity index (χ4v) is 5.88. The second-order valence-electron chi connectivity index (χ2n) is 7.83. The molecule has 1 aliphatic heterocycles. The summed E-state index contributed by atoms with van der Waals surface area (Å²) in [6.45, 7) is 5.90. The highest BCUT2D eigenvalue weighted by atomic mass is 32.2. The molecule has 1 fully saturated rings. The van der Waals surface area contributed by atoms with Crippen molar-refractivity contribution in [2.24, 2.45) is 0 Å². The van der Waals surface area contributed by atoms with Gasteiger partial charge in [0, 0.05) is 26.2 Å². The molecular weight excluding hydrogens is 412 g/mol. The molecule has 0 spiro atoms. The average molecular weight is 441 g/mol. The van der Waals surface area contributed by atoms with E-state index in [-0.39, 0.29) is 12.6 Å². The van der Waals surface area contributed by atoms with Gasteiger partial charge in [0.05, 0.1) is 4.90 Å². The maximum absolute atomic E-state index is 13.6. The molecule has 1 aliphatic rings. The van der Waals surface area contributed by atoms with Crippen molar-refractivity contribution in [3.63, 3.8) is 0 Å². The molecule has 0 radical (unpaired) electrons. The summed E-state index contributed by atoms with van der Waals surface area (Å²) in [4.78, 5) is 7.07. The third kappa shape index (κ3) is 4.71. The maximum Gasteiger partial charge on any atom is 0.245 e. The van der Waals surface area contributed by atoms with Crippen LogP contribution in [0.4, 0.5) is 0 Å². The summed E-state index contributed by atoms with van der Waals surface area (Å²) in [6.07, 6.45) is 1.39. The average Bonchev–Trinajstić information content (AvgIpc) is 3.10. The third-order valence-electron chi connectivity index (χ3n) is 5.70. The first-order valence-electron chi connectivity index (χ1n) is 10.6. The van der Waals surface area contributed by atoms with Crippen LogP contribution in [0.5, 0.6) is 0 Å². The zero-order valence-corrected chi connectivity index (χ0v) is 18.8. The summed E-state index contributed by atoms with van der Waals surface area (Å²) < 4.78 is 34.3. The molecule has 1 unspecified atom stereocenters. The van der Waals surface area contributed by atoms with Gasteiger partial charge in [-0.05, 0) is 37.0 Å². The normalized spacial score (nSPS) is 18.7. The highest BCUT2D eigenvalue weighted by Crippen LogP contribution is 2.30. The minimum Gasteiger partial charge on any atom is -0.338 e. The molecule has 1 saturated heterocycles. The Kier molecular flexibility index (Phi) is 6.50. The zero-order valence-electron chi connectivity index (χ0n) is 17.9. The van der Waals surface area contributed by atoms with Crippen molar-refractivity contribution in [1.82, 2.24) is 19.3 Å². The van der Waals surface area contributed by atoms with E-state index < -0.39 is 10.0 Å². The zero-order chi connectivity index (χ0) is 21.8. The second-order valence-corrected chi connectivity index (χ2v) is 9.74. The fourth-order valence-electron chi connectivity index (χ4n) is 4.10. The molecule has 0 N–H and O–H groups in total. The number of aryl methyl sites for hydroxylation is 2. The Labute approximate surface area is 183 Å². The Morgan fingerprint density at radius 1 is 1.06 bits per heavy atom. The van der Waals surface area contributed by atoms with Gasteiger partial charge < -0.3 is 4.52 Å². The first kappa shape index (κ1) is 21.7. The summed E-state index contributed by atoms with van der Waals surface area (Å²) in [5.74, 6) is 1.00. The summed E-state index contributed by atoms with van der Waals surface area (Å²) in [5, 5.41) is 3.96. The van der Waals surface area contributed by atoms with Crippen molar-refractivity contribution >= 4 is 10.0 Å². The van der Waals surface area contributed by atoms with E-state index in [0.29, 0.717) is 36.1 Å². The van der Waals surface area contributed by atoms with Crippen molar-refractivity contribution in [2.75, 3.05) is 19.6 Å². The second kappa shape index (κ2) is 9.30. The highest BCUT2D eigenvalue weighted by Gasteiger charge is 2.36. The minimum absolute atomic E-state index is 0.273. The lowest BCUT2D eigenvalue weighted by Gasteiger charge is -2.29. The van der Waals surface area contributed by atoms with Crippen LogP contribution in [-0.2, 0) is 23.0 Å². The molecule has 7 nitrogen and oxygen atoms in total. The van der Waals surface area contributed by atoms with E-state index in [1.807, 2.05) is 37.3 Å². The lowest BCUT2D eigenvalue weighted by molar-refractivity contribution is 0.155. The molecule has 0 amide bonds. The molecule has 0 saturated carbocycles. The van der Waals surface area contributed by atoms with Crippen LogP contribution in [-0.4, -0.2) is 47.4 Å². The molecule has 2 aromatic carbocycles. The predicted molar refractivity (Wildman–Crippen MR) is 118 cm³/mol. The third-order valence-corrected chi connectivity index (χ3v) is 7.66. The molecule has 164 valence electrons. The largest absolute Gasteiger partial charge is 0.338 e. The van der Waals surface area contributed by atoms with Crippen molar-refractivity contribution in [1.29, 1.82) is 0 Å². The van der Waals surface area contributed by atoms with Gasteiger partial charge in [0.2, 0.25) is 15.9 Å². The van der Waals surface area contributed by atoms with Crippen molar-refractivity contribution in [3.8, 4) is 0 Å². The Morgan fingerprint density at radius 3 is 2.52 bits per heavy atom. The number of sulfonamides is 1. The fraction of sp³-hybridized carbons (Fsp3) is 0.391. The van der Waals surface area contributed by atoms with E-state index in [2.05, 4.69) is 27.2 Å². The first-order valence-corrected chi connectivity index (χ1v) is 12.1. The summed E-state index contributed by atoms with van der Waals surface area (Å²) in [7, 11) is -3.64. The minimum atomic E-state index is -3.64. The van der Waals surface area contributed by atoms with Crippen molar-refractivity contribution < 1.29 is 12.9 Å². The van der Waals surface area contributed by atoms with Gasteiger partial charge in [-0.1, -0.05) is 60.6 Å². The van der Waals surface area contributed by atoms with Crippen molar-refractivity contribution in [2.45, 2.75) is 44.2 Å². The van der Waals surface area contributed by atoms with Gasteiger partial charge in [-0.15, -0.1) is 0 Å². The smallest absolute Gasteiger partial charge is 0.245 e. The predicted octanol–water partition coefficient (Wildman–Crippen LogP) is 3.58. The Balaban J connectivity index is 1.68. The SMILES string of the molecule is CCc1ccccc1S(=O)(=O)N1CCCN(Cc2ccccc2)C(c2nc(C)no2)C1. The van der Waals surface area contributed by atoms with Crippen LogP contribution in [0.3, 0.4) is 0 Å². The summed E-state index contributed by atoms with van der Waals surface area (Å²) in [6, 6.07) is 17.1. The van der Waals surface area contributed by atoms with E-state index in [1.165, 1.54) is 0 Å². The molecule has 8 heteroatoms. The number of hydrogen-bond acceptors (Lipinski definition) is 6. The number of rotatable bonds is 6. The van der Waals surface area contributed by atoms with Crippen LogP contribution >= 0.6 is 0 Å². The molecule has 0 aliphatic carbocycles. The van der Waals surface area contributed by atoms with E-state index in [9.17, 15) is 8.42 Å². The van der Waals surface area contributed by atoms with Gasteiger partial charge in [-0.25, -0.2) is 8.42 Å². The Morgan fingerprint density at radius 2 is 1.81 bits per heavy atom. The van der Waals surface area contributed by atoms with Gasteiger partial charge in [0.15, 0.2) is 5.82 Å². The lowest BCUT2D eigenvalue weighted by atomic mass is 10.1. The van der Waals surface area contributed by atoms with Crippen molar-refractivity contribution in [3.05, 3.63) is 77.4 Å². The highest BCUT2D eigenvalue weighted by molar-refractivity contribution is 7.89. The molecule has 0 bridgehead atoms. The Bertz CT molecular complexity index is 1110. The van der Waals surface area contributed by atoms with E-state index in [1.54, 1.807) is 23.4 Å². The van der Waals surface area contributed by atoms with Gasteiger partial charge in [-0.2, -0.15) is 9.29 Å². The number of nitrogens with zero attached hydrogens (tertiary/aromatic N) is 4. The number of benzene rings is 2. The van der Waals surface area contributed by atoms with Crippen LogP contribution < -0.4 is 0 Å². The topological polar surface area (TPSA) is 79.5 Å². The summed E-state index contributed by atoms with van der Waals surface area (Å²) in [5.41, 5.74) is 1.99. The molecule has 4 rings (SSSR count). The molecule has 31 heavy (non-hydrogen) atoms. The van der Waals surface area contributed by atoms with E-state index >= 15 is 0 Å². The van der Waals surface area contributed by atoms with Gasteiger partial charge in [0.25, 0.3) is 0 Å². The van der Waals surface area contributed by atoms with Crippen LogP contribution in [0.1, 0.15) is 42.2 Å². The van der Waals surface area contributed by atoms with Crippen LogP contribution in [0.15, 0.2) is 64.0 Å². The summed E-state index contributed by atoms with van der Waals surface area (Å²) >= 11 is 0. The molecule has 1 aromatic heterocycles. The molecular formula is C23H28N4O3S. The Hall–Kier alpha value is -2.55. The lowest BCUT2D eigenvalue weighted by Crippen LogP contribution is -2.38. The van der Waals surface area contributed by atoms with Gasteiger partial charge >= 0.3 is 0 Å². The van der Waals surface area contributed by atoms with Gasteiger partial charge in [-0.3, -0.25) is 4.90 Å². The first-order chi connectivity index (χ1) is 15.0. The molecule has 1 atom stereocenters. The standard InChI is InChI=1S/C23H28N4O3S/c1-3-20-12-7-8-13-22(20)31(28,29)27-15-9-14-26(16-19-10-5-4-6-11-19)21(17-27)23-24-18(2)25-30-23/h4-8,10-13,21H,3,9,14-17H2,1-2H3. The van der Waals surface area contributed by atoms with E-state index in [4.69, 9.17) is 4.52 Å². The number of aromatic nitrogens is 2. The van der Waals surface area contributed by atoms with Gasteiger partial charge in [0.1, 0.15) is 6.04 Å². The quantitative estimate of drug-likeness (QED) is 0.583. The number of hydrogen-bond donors (Lipinski definition) is 0. The van der Waals surface area contributed by atoms with Crippen LogP contribution in [0.25, 0.3) is 0 Å². The van der Waals surface area contributed by atoms with E-state index in [0.717, 1.165) is 24.1 Å². The molecule has 2 heterocycles. The van der Waals surface area contributed by atoms with Crippen LogP contribution in [0, 0.1) is 6.92 Å². The maximum atomic E-state index is 13.6.